The number of halogens is 1. The molecule has 1 heterocycles. The standard InChI is InChI=1S/C7H12BrN3O/c1-5(2)3-11-6(4-12)7(8)9-10-11/h5,12H,3-4H2,1-2H3. The van der Waals surface area contributed by atoms with Crippen LogP contribution in [-0.2, 0) is 13.2 Å². The van der Waals surface area contributed by atoms with Gasteiger partial charge in [-0.2, -0.15) is 0 Å². The van der Waals surface area contributed by atoms with Crippen LogP contribution in [0.5, 0.6) is 0 Å². The Morgan fingerprint density at radius 3 is 2.75 bits per heavy atom. The highest BCUT2D eigenvalue weighted by Crippen LogP contribution is 2.13. The van der Waals surface area contributed by atoms with Gasteiger partial charge in [0.1, 0.15) is 0 Å². The maximum atomic E-state index is 8.97. The van der Waals surface area contributed by atoms with E-state index in [0.29, 0.717) is 10.5 Å². The molecule has 0 spiro atoms. The molecule has 1 aromatic heterocycles. The van der Waals surface area contributed by atoms with Crippen LogP contribution < -0.4 is 0 Å². The van der Waals surface area contributed by atoms with E-state index in [-0.39, 0.29) is 6.61 Å². The first kappa shape index (κ1) is 9.67. The van der Waals surface area contributed by atoms with Gasteiger partial charge < -0.3 is 5.11 Å². The second-order valence-electron chi connectivity index (χ2n) is 3.06. The molecular weight excluding hydrogens is 222 g/mol. The smallest absolute Gasteiger partial charge is 0.153 e. The summed E-state index contributed by atoms with van der Waals surface area (Å²) >= 11 is 3.21. The maximum absolute atomic E-state index is 8.97. The zero-order valence-electron chi connectivity index (χ0n) is 7.16. The number of hydrogen-bond acceptors (Lipinski definition) is 3. The Kier molecular flexibility index (Phi) is 3.22. The molecule has 0 unspecified atom stereocenters. The number of aromatic nitrogens is 3. The Morgan fingerprint density at radius 1 is 1.58 bits per heavy atom. The fraction of sp³-hybridized carbons (Fsp3) is 0.714. The van der Waals surface area contributed by atoms with Crippen LogP contribution >= 0.6 is 15.9 Å². The molecule has 68 valence electrons. The van der Waals surface area contributed by atoms with E-state index in [0.717, 1.165) is 12.2 Å². The molecule has 0 aliphatic carbocycles. The van der Waals surface area contributed by atoms with Crippen molar-refractivity contribution in [1.29, 1.82) is 0 Å². The lowest BCUT2D eigenvalue weighted by Gasteiger charge is -2.06. The molecular formula is C7H12BrN3O. The zero-order chi connectivity index (χ0) is 9.14. The summed E-state index contributed by atoms with van der Waals surface area (Å²) in [6.45, 7) is 4.95. The molecule has 1 N–H and O–H groups in total. The molecule has 0 saturated carbocycles. The summed E-state index contributed by atoms with van der Waals surface area (Å²) in [6, 6.07) is 0. The molecule has 0 radical (unpaired) electrons. The molecule has 0 atom stereocenters. The SMILES string of the molecule is CC(C)Cn1nnc(Br)c1CO. The highest BCUT2D eigenvalue weighted by atomic mass is 79.9. The summed E-state index contributed by atoms with van der Waals surface area (Å²) in [4.78, 5) is 0. The van der Waals surface area contributed by atoms with Gasteiger partial charge in [-0.3, -0.25) is 0 Å². The van der Waals surface area contributed by atoms with Crippen molar-refractivity contribution >= 4 is 15.9 Å². The summed E-state index contributed by atoms with van der Waals surface area (Å²) in [5.41, 5.74) is 0.740. The average molecular weight is 234 g/mol. The third-order valence-corrected chi connectivity index (χ3v) is 2.09. The molecule has 1 aromatic rings. The molecule has 5 heteroatoms. The van der Waals surface area contributed by atoms with Crippen molar-refractivity contribution < 1.29 is 5.11 Å². The lowest BCUT2D eigenvalue weighted by atomic mass is 10.2. The van der Waals surface area contributed by atoms with Gasteiger partial charge in [0, 0.05) is 6.54 Å². The number of rotatable bonds is 3. The van der Waals surface area contributed by atoms with Gasteiger partial charge in [-0.05, 0) is 21.8 Å². The lowest BCUT2D eigenvalue weighted by Crippen LogP contribution is -2.09. The van der Waals surface area contributed by atoms with E-state index in [1.165, 1.54) is 0 Å². The van der Waals surface area contributed by atoms with Gasteiger partial charge in [0.05, 0.1) is 12.3 Å². The lowest BCUT2D eigenvalue weighted by molar-refractivity contribution is 0.263. The largest absolute Gasteiger partial charge is 0.390 e. The first-order valence-corrected chi connectivity index (χ1v) is 4.63. The van der Waals surface area contributed by atoms with Crippen molar-refractivity contribution in [3.63, 3.8) is 0 Å². The van der Waals surface area contributed by atoms with Gasteiger partial charge in [-0.1, -0.05) is 19.1 Å². The Bertz CT molecular complexity index is 259. The highest BCUT2D eigenvalue weighted by molar-refractivity contribution is 9.10. The molecule has 1 rings (SSSR count). The predicted molar refractivity (Wildman–Crippen MR) is 48.5 cm³/mol. The van der Waals surface area contributed by atoms with Gasteiger partial charge >= 0.3 is 0 Å². The highest BCUT2D eigenvalue weighted by Gasteiger charge is 2.09. The third-order valence-electron chi connectivity index (χ3n) is 1.48. The number of aliphatic hydroxyl groups excluding tert-OH is 1. The van der Waals surface area contributed by atoms with Crippen LogP contribution in [0.1, 0.15) is 19.5 Å². The van der Waals surface area contributed by atoms with Crippen LogP contribution in [0.3, 0.4) is 0 Å². The van der Waals surface area contributed by atoms with E-state index in [4.69, 9.17) is 5.11 Å². The summed E-state index contributed by atoms with van der Waals surface area (Å²) in [7, 11) is 0. The Labute approximate surface area is 79.7 Å². The first-order chi connectivity index (χ1) is 5.65. The molecule has 0 aliphatic heterocycles. The topological polar surface area (TPSA) is 50.9 Å². The summed E-state index contributed by atoms with van der Waals surface area (Å²) in [5, 5.41) is 16.7. The quantitative estimate of drug-likeness (QED) is 0.854. The van der Waals surface area contributed by atoms with Crippen molar-refractivity contribution in [2.24, 2.45) is 5.92 Å². The Morgan fingerprint density at radius 2 is 2.25 bits per heavy atom. The van der Waals surface area contributed by atoms with Crippen LogP contribution in [0.2, 0.25) is 0 Å². The van der Waals surface area contributed by atoms with E-state index in [9.17, 15) is 0 Å². The summed E-state index contributed by atoms with van der Waals surface area (Å²) < 4.78 is 2.35. The van der Waals surface area contributed by atoms with Crippen molar-refractivity contribution in [2.45, 2.75) is 27.0 Å². The van der Waals surface area contributed by atoms with E-state index in [2.05, 4.69) is 40.1 Å². The zero-order valence-corrected chi connectivity index (χ0v) is 8.74. The third kappa shape index (κ3) is 2.04. The van der Waals surface area contributed by atoms with Gasteiger partial charge in [-0.25, -0.2) is 4.68 Å². The molecule has 0 amide bonds. The molecule has 12 heavy (non-hydrogen) atoms. The van der Waals surface area contributed by atoms with Crippen LogP contribution in [0, 0.1) is 5.92 Å². The number of nitrogens with zero attached hydrogens (tertiary/aromatic N) is 3. The predicted octanol–water partition coefficient (Wildman–Crippen LogP) is 1.19. The Hall–Kier alpha value is -0.420. The van der Waals surface area contributed by atoms with Gasteiger partial charge in [0.2, 0.25) is 0 Å². The van der Waals surface area contributed by atoms with Crippen LogP contribution in [0.4, 0.5) is 0 Å². The molecule has 0 aliphatic rings. The molecule has 0 fully saturated rings. The summed E-state index contributed by atoms with van der Waals surface area (Å²) in [6.07, 6.45) is 0. The normalized spacial score (nSPS) is 11.1. The maximum Gasteiger partial charge on any atom is 0.153 e. The fourth-order valence-electron chi connectivity index (χ4n) is 0.951. The minimum Gasteiger partial charge on any atom is -0.390 e. The van der Waals surface area contributed by atoms with E-state index in [1.807, 2.05) is 0 Å². The molecule has 4 nitrogen and oxygen atoms in total. The fourth-order valence-corrected chi connectivity index (χ4v) is 1.35. The number of hydrogen-bond donors (Lipinski definition) is 1. The van der Waals surface area contributed by atoms with Crippen molar-refractivity contribution in [3.8, 4) is 0 Å². The first-order valence-electron chi connectivity index (χ1n) is 3.84. The molecule has 0 bridgehead atoms. The van der Waals surface area contributed by atoms with E-state index >= 15 is 0 Å². The minimum absolute atomic E-state index is 0.0275. The second kappa shape index (κ2) is 4.00. The van der Waals surface area contributed by atoms with Crippen LogP contribution in [-0.4, -0.2) is 20.1 Å². The minimum atomic E-state index is -0.0275. The monoisotopic (exact) mass is 233 g/mol. The molecule has 0 saturated heterocycles. The van der Waals surface area contributed by atoms with E-state index < -0.39 is 0 Å². The van der Waals surface area contributed by atoms with Crippen molar-refractivity contribution in [2.75, 3.05) is 0 Å². The second-order valence-corrected chi connectivity index (χ2v) is 3.81. The van der Waals surface area contributed by atoms with Gasteiger partial charge in [0.15, 0.2) is 4.60 Å². The summed E-state index contributed by atoms with van der Waals surface area (Å²) in [5.74, 6) is 0.504. The van der Waals surface area contributed by atoms with Crippen molar-refractivity contribution in [3.05, 3.63) is 10.3 Å². The number of aliphatic hydroxyl groups is 1. The average Bonchev–Trinajstić information content (AvgIpc) is 2.30. The Balaban J connectivity index is 2.84. The van der Waals surface area contributed by atoms with Crippen LogP contribution in [0.15, 0.2) is 4.60 Å². The van der Waals surface area contributed by atoms with E-state index in [1.54, 1.807) is 4.68 Å². The van der Waals surface area contributed by atoms with Crippen LogP contribution in [0.25, 0.3) is 0 Å². The van der Waals surface area contributed by atoms with Gasteiger partial charge in [0.25, 0.3) is 0 Å². The van der Waals surface area contributed by atoms with Crippen molar-refractivity contribution in [1.82, 2.24) is 15.0 Å². The molecule has 0 aromatic carbocycles. The van der Waals surface area contributed by atoms with Gasteiger partial charge in [-0.15, -0.1) is 5.10 Å².